The Labute approximate surface area is 163 Å². The number of para-hydroxylation sites is 2. The second-order valence-electron chi connectivity index (χ2n) is 6.31. The van der Waals surface area contributed by atoms with Crippen molar-refractivity contribution in [1.29, 1.82) is 0 Å². The SMILES string of the molecule is COc1ccc(/C=N\Nc2nc3ccccc3nc2Cc2ccccc2)cc1. The number of aromatic nitrogens is 2. The molecule has 4 aromatic rings. The van der Waals surface area contributed by atoms with E-state index in [4.69, 9.17) is 14.7 Å². The molecular weight excluding hydrogens is 348 g/mol. The molecule has 0 spiro atoms. The average molecular weight is 368 g/mol. The van der Waals surface area contributed by atoms with Gasteiger partial charge >= 0.3 is 0 Å². The fourth-order valence-corrected chi connectivity index (χ4v) is 2.90. The van der Waals surface area contributed by atoms with E-state index in [0.717, 1.165) is 28.0 Å². The fraction of sp³-hybridized carbons (Fsp3) is 0.0870. The molecule has 138 valence electrons. The zero-order valence-electron chi connectivity index (χ0n) is 15.5. The van der Waals surface area contributed by atoms with E-state index >= 15 is 0 Å². The number of fused-ring (bicyclic) bond motifs is 1. The highest BCUT2D eigenvalue weighted by Gasteiger charge is 2.09. The molecule has 0 atom stereocenters. The van der Waals surface area contributed by atoms with Crippen LogP contribution in [0.3, 0.4) is 0 Å². The van der Waals surface area contributed by atoms with Crippen molar-refractivity contribution >= 4 is 23.1 Å². The normalized spacial score (nSPS) is 11.0. The molecule has 0 unspecified atom stereocenters. The van der Waals surface area contributed by atoms with Crippen molar-refractivity contribution < 1.29 is 4.74 Å². The summed E-state index contributed by atoms with van der Waals surface area (Å²) in [7, 11) is 1.65. The van der Waals surface area contributed by atoms with E-state index in [1.807, 2.05) is 66.7 Å². The van der Waals surface area contributed by atoms with Crippen LogP contribution >= 0.6 is 0 Å². The van der Waals surface area contributed by atoms with Crippen molar-refractivity contribution in [2.75, 3.05) is 12.5 Å². The first-order valence-electron chi connectivity index (χ1n) is 9.04. The van der Waals surface area contributed by atoms with Crippen LogP contribution in [0.4, 0.5) is 5.82 Å². The zero-order valence-corrected chi connectivity index (χ0v) is 15.5. The Bertz CT molecular complexity index is 1090. The average Bonchev–Trinajstić information content (AvgIpc) is 2.75. The summed E-state index contributed by atoms with van der Waals surface area (Å²) in [5.41, 5.74) is 7.77. The number of rotatable bonds is 6. The van der Waals surface area contributed by atoms with Gasteiger partial charge in [-0.3, -0.25) is 5.43 Å². The van der Waals surface area contributed by atoms with E-state index in [-0.39, 0.29) is 0 Å². The van der Waals surface area contributed by atoms with Gasteiger partial charge in [-0.1, -0.05) is 42.5 Å². The van der Waals surface area contributed by atoms with Crippen molar-refractivity contribution in [3.63, 3.8) is 0 Å². The smallest absolute Gasteiger partial charge is 0.169 e. The summed E-state index contributed by atoms with van der Waals surface area (Å²) in [5, 5.41) is 4.36. The topological polar surface area (TPSA) is 59.4 Å². The van der Waals surface area contributed by atoms with Crippen molar-refractivity contribution in [1.82, 2.24) is 9.97 Å². The third kappa shape index (κ3) is 4.15. The molecule has 0 fully saturated rings. The molecule has 0 aliphatic rings. The number of hydrogen-bond donors (Lipinski definition) is 1. The van der Waals surface area contributed by atoms with E-state index < -0.39 is 0 Å². The van der Waals surface area contributed by atoms with Gasteiger partial charge in [-0.15, -0.1) is 0 Å². The highest BCUT2D eigenvalue weighted by Crippen LogP contribution is 2.20. The lowest BCUT2D eigenvalue weighted by Gasteiger charge is -2.09. The molecule has 0 amide bonds. The van der Waals surface area contributed by atoms with Gasteiger partial charge in [-0.2, -0.15) is 5.10 Å². The van der Waals surface area contributed by atoms with Gasteiger partial charge < -0.3 is 4.74 Å². The number of hydrogen-bond acceptors (Lipinski definition) is 5. The van der Waals surface area contributed by atoms with E-state index in [0.29, 0.717) is 12.2 Å². The minimum Gasteiger partial charge on any atom is -0.497 e. The van der Waals surface area contributed by atoms with E-state index in [9.17, 15) is 0 Å². The van der Waals surface area contributed by atoms with Crippen LogP contribution in [0.1, 0.15) is 16.8 Å². The van der Waals surface area contributed by atoms with Crippen LogP contribution in [0.15, 0.2) is 84.0 Å². The monoisotopic (exact) mass is 368 g/mol. The summed E-state index contributed by atoms with van der Waals surface area (Å²) in [6, 6.07) is 25.8. The molecule has 5 nitrogen and oxygen atoms in total. The predicted molar refractivity (Wildman–Crippen MR) is 113 cm³/mol. The van der Waals surface area contributed by atoms with Gasteiger partial charge in [0.05, 0.1) is 30.1 Å². The first-order chi connectivity index (χ1) is 13.8. The standard InChI is InChI=1S/C23H20N4O/c1-28-19-13-11-18(12-14-19)16-24-27-23-22(15-17-7-3-2-4-8-17)25-20-9-5-6-10-21(20)26-23/h2-14,16H,15H2,1H3,(H,26,27)/b24-16-. The summed E-state index contributed by atoms with van der Waals surface area (Å²) in [4.78, 5) is 9.53. The van der Waals surface area contributed by atoms with Crippen LogP contribution in [0.2, 0.25) is 0 Å². The number of benzene rings is 3. The minimum atomic E-state index is 0.660. The second-order valence-corrected chi connectivity index (χ2v) is 6.31. The lowest BCUT2D eigenvalue weighted by atomic mass is 10.1. The summed E-state index contributed by atoms with van der Waals surface area (Å²) >= 11 is 0. The highest BCUT2D eigenvalue weighted by molar-refractivity contribution is 5.81. The lowest BCUT2D eigenvalue weighted by molar-refractivity contribution is 0.415. The summed E-state index contributed by atoms with van der Waals surface area (Å²) in [6.45, 7) is 0. The zero-order chi connectivity index (χ0) is 19.2. The van der Waals surface area contributed by atoms with Crippen molar-refractivity contribution in [2.24, 2.45) is 5.10 Å². The van der Waals surface area contributed by atoms with Gasteiger partial charge in [0.1, 0.15) is 5.75 Å². The Morgan fingerprint density at radius 1 is 0.857 bits per heavy atom. The van der Waals surface area contributed by atoms with Crippen LogP contribution in [-0.2, 0) is 6.42 Å². The molecule has 3 aromatic carbocycles. The van der Waals surface area contributed by atoms with E-state index in [2.05, 4.69) is 22.7 Å². The maximum Gasteiger partial charge on any atom is 0.169 e. The van der Waals surface area contributed by atoms with Crippen LogP contribution in [0.25, 0.3) is 11.0 Å². The number of ether oxygens (including phenoxy) is 1. The van der Waals surface area contributed by atoms with Gasteiger partial charge in [0, 0.05) is 6.42 Å². The third-order valence-corrected chi connectivity index (χ3v) is 4.36. The molecule has 0 aliphatic heterocycles. The lowest BCUT2D eigenvalue weighted by Crippen LogP contribution is -2.03. The Morgan fingerprint density at radius 2 is 1.54 bits per heavy atom. The molecule has 28 heavy (non-hydrogen) atoms. The Balaban J connectivity index is 1.61. The molecule has 1 N–H and O–H groups in total. The molecular formula is C23H20N4O. The fourth-order valence-electron chi connectivity index (χ4n) is 2.90. The Kier molecular flexibility index (Phi) is 5.24. The molecule has 0 saturated carbocycles. The van der Waals surface area contributed by atoms with Gasteiger partial charge in [0.15, 0.2) is 5.82 Å². The first-order valence-corrected chi connectivity index (χ1v) is 9.04. The Hall–Kier alpha value is -3.73. The van der Waals surface area contributed by atoms with E-state index in [1.54, 1.807) is 13.3 Å². The number of nitrogens with one attached hydrogen (secondary N) is 1. The highest BCUT2D eigenvalue weighted by atomic mass is 16.5. The number of hydrazone groups is 1. The van der Waals surface area contributed by atoms with Gasteiger partial charge in [0.2, 0.25) is 0 Å². The minimum absolute atomic E-state index is 0.660. The van der Waals surface area contributed by atoms with Crippen LogP contribution in [-0.4, -0.2) is 23.3 Å². The first kappa shape index (κ1) is 17.7. The maximum atomic E-state index is 5.18. The maximum absolute atomic E-state index is 5.18. The van der Waals surface area contributed by atoms with Crippen LogP contribution in [0.5, 0.6) is 5.75 Å². The van der Waals surface area contributed by atoms with Gasteiger partial charge in [-0.25, -0.2) is 9.97 Å². The molecule has 1 heterocycles. The summed E-state index contributed by atoms with van der Waals surface area (Å²) < 4.78 is 5.18. The van der Waals surface area contributed by atoms with Crippen LogP contribution < -0.4 is 10.2 Å². The van der Waals surface area contributed by atoms with Crippen LogP contribution in [0, 0.1) is 0 Å². The largest absolute Gasteiger partial charge is 0.497 e. The molecule has 4 rings (SSSR count). The molecule has 0 aliphatic carbocycles. The Morgan fingerprint density at radius 3 is 2.25 bits per heavy atom. The van der Waals surface area contributed by atoms with Gasteiger partial charge in [-0.05, 0) is 47.5 Å². The quantitative estimate of drug-likeness (QED) is 0.397. The molecule has 0 bridgehead atoms. The number of methoxy groups -OCH3 is 1. The number of nitrogens with zero attached hydrogens (tertiary/aromatic N) is 3. The molecule has 5 heteroatoms. The third-order valence-electron chi connectivity index (χ3n) is 4.36. The molecule has 0 saturated heterocycles. The second kappa shape index (κ2) is 8.31. The van der Waals surface area contributed by atoms with Crippen molar-refractivity contribution in [3.05, 3.63) is 95.7 Å². The van der Waals surface area contributed by atoms with Crippen molar-refractivity contribution in [2.45, 2.75) is 6.42 Å². The molecule has 0 radical (unpaired) electrons. The van der Waals surface area contributed by atoms with Crippen molar-refractivity contribution in [3.8, 4) is 5.75 Å². The summed E-state index contributed by atoms with van der Waals surface area (Å²) in [6.07, 6.45) is 2.43. The predicted octanol–water partition coefficient (Wildman–Crippen LogP) is 4.68. The number of anilines is 1. The summed E-state index contributed by atoms with van der Waals surface area (Å²) in [5.74, 6) is 1.47. The molecule has 1 aromatic heterocycles. The van der Waals surface area contributed by atoms with E-state index in [1.165, 1.54) is 5.56 Å². The van der Waals surface area contributed by atoms with Gasteiger partial charge in [0.25, 0.3) is 0 Å².